The Morgan fingerprint density at radius 2 is 1.82 bits per heavy atom. The van der Waals surface area contributed by atoms with Gasteiger partial charge in [-0.3, -0.25) is 4.72 Å². The van der Waals surface area contributed by atoms with Crippen molar-refractivity contribution < 1.29 is 32.5 Å². The number of benzene rings is 2. The highest BCUT2D eigenvalue weighted by molar-refractivity contribution is 7.92. The number of nitrogens with one attached hydrogen (secondary N) is 1. The van der Waals surface area contributed by atoms with Gasteiger partial charge in [-0.05, 0) is 18.2 Å². The van der Waals surface area contributed by atoms with Crippen molar-refractivity contribution in [1.29, 1.82) is 0 Å². The maximum atomic E-state index is 12.7. The smallest absolute Gasteiger partial charge is 0.337 e. The van der Waals surface area contributed by atoms with Crippen LogP contribution in [-0.2, 0) is 14.8 Å². The lowest BCUT2D eigenvalue weighted by Crippen LogP contribution is -2.17. The molecular weight excluding hydrogens is 433 g/mol. The molecule has 0 amide bonds. The molecule has 2 aromatic carbocycles. The zero-order valence-electron chi connectivity index (χ0n) is 14.9. The first-order valence-corrected chi connectivity index (χ1v) is 9.98. The van der Waals surface area contributed by atoms with Gasteiger partial charge in [-0.15, -0.1) is 0 Å². The first kappa shape index (κ1) is 22.1. The van der Waals surface area contributed by atoms with E-state index in [4.69, 9.17) is 37.4 Å². The highest BCUT2D eigenvalue weighted by atomic mass is 35.5. The number of carboxylic acid groups (broad SMARTS) is 1. The van der Waals surface area contributed by atoms with Gasteiger partial charge in [0.15, 0.2) is 11.5 Å². The Labute approximate surface area is 172 Å². The minimum Gasteiger partial charge on any atom is -0.493 e. The van der Waals surface area contributed by atoms with Gasteiger partial charge in [-0.1, -0.05) is 23.2 Å². The highest BCUT2D eigenvalue weighted by Crippen LogP contribution is 2.35. The normalized spacial score (nSPS) is 11.1. The molecule has 0 heterocycles. The zero-order chi connectivity index (χ0) is 20.9. The molecule has 2 aromatic rings. The van der Waals surface area contributed by atoms with Crippen LogP contribution in [-0.4, -0.2) is 46.9 Å². The number of anilines is 1. The van der Waals surface area contributed by atoms with E-state index in [1.807, 2.05) is 0 Å². The molecule has 0 radical (unpaired) electrons. The molecule has 0 aromatic heterocycles. The van der Waals surface area contributed by atoms with E-state index in [1.54, 1.807) is 0 Å². The van der Waals surface area contributed by atoms with Crippen LogP contribution in [0.25, 0.3) is 0 Å². The third-order valence-electron chi connectivity index (χ3n) is 3.51. The van der Waals surface area contributed by atoms with Crippen LogP contribution in [0, 0.1) is 0 Å². The van der Waals surface area contributed by atoms with Crippen molar-refractivity contribution in [2.24, 2.45) is 0 Å². The number of hydrogen-bond acceptors (Lipinski definition) is 6. The Hall–Kier alpha value is -2.20. The van der Waals surface area contributed by atoms with E-state index in [1.165, 1.54) is 32.4 Å². The summed E-state index contributed by atoms with van der Waals surface area (Å²) < 4.78 is 43.2. The topological polar surface area (TPSA) is 111 Å². The summed E-state index contributed by atoms with van der Waals surface area (Å²) in [5.74, 6) is -1.10. The second-order valence-electron chi connectivity index (χ2n) is 5.38. The summed E-state index contributed by atoms with van der Waals surface area (Å²) in [5.41, 5.74) is -0.561. The SMILES string of the molecule is COCCOc1cc(NS(=O)(=O)c2cc(Cl)ccc2Cl)c(C(=O)O)cc1OC. The number of ether oxygens (including phenoxy) is 3. The molecule has 2 rings (SSSR count). The molecule has 0 atom stereocenters. The molecule has 11 heteroatoms. The van der Waals surface area contributed by atoms with Crippen LogP contribution >= 0.6 is 23.2 Å². The molecule has 0 saturated heterocycles. The van der Waals surface area contributed by atoms with Crippen LogP contribution in [0.5, 0.6) is 11.5 Å². The second kappa shape index (κ2) is 9.33. The standard InChI is InChI=1S/C17H17Cl2NO7S/c1-25-5-6-27-15-9-13(11(17(21)22)8-14(15)26-2)20-28(23,24)16-7-10(18)3-4-12(16)19/h3-4,7-9,20H,5-6H2,1-2H3,(H,21,22). The summed E-state index contributed by atoms with van der Waals surface area (Å²) in [6.45, 7) is 0.411. The minimum absolute atomic E-state index is 0.0705. The molecule has 2 N–H and O–H groups in total. The Bertz CT molecular complexity index is 980. The van der Waals surface area contributed by atoms with Crippen LogP contribution in [0.4, 0.5) is 5.69 Å². The minimum atomic E-state index is -4.23. The van der Waals surface area contributed by atoms with E-state index in [-0.39, 0.29) is 50.9 Å². The lowest BCUT2D eigenvalue weighted by atomic mass is 10.1. The summed E-state index contributed by atoms with van der Waals surface area (Å²) in [6, 6.07) is 6.28. The van der Waals surface area contributed by atoms with Gasteiger partial charge in [-0.2, -0.15) is 0 Å². The lowest BCUT2D eigenvalue weighted by Gasteiger charge is -2.16. The van der Waals surface area contributed by atoms with E-state index in [0.717, 1.165) is 12.1 Å². The van der Waals surface area contributed by atoms with Crippen molar-refractivity contribution in [2.75, 3.05) is 32.2 Å². The monoisotopic (exact) mass is 449 g/mol. The summed E-state index contributed by atoms with van der Waals surface area (Å²) in [5, 5.41) is 9.54. The van der Waals surface area contributed by atoms with Crippen LogP contribution in [0.3, 0.4) is 0 Å². The maximum Gasteiger partial charge on any atom is 0.337 e. The first-order valence-electron chi connectivity index (χ1n) is 7.74. The fraction of sp³-hybridized carbons (Fsp3) is 0.235. The fourth-order valence-corrected chi connectivity index (χ4v) is 4.05. The van der Waals surface area contributed by atoms with E-state index >= 15 is 0 Å². The molecule has 0 aliphatic heterocycles. The van der Waals surface area contributed by atoms with Gasteiger partial charge in [0, 0.05) is 24.3 Å². The van der Waals surface area contributed by atoms with E-state index in [9.17, 15) is 18.3 Å². The van der Waals surface area contributed by atoms with E-state index < -0.39 is 16.0 Å². The number of methoxy groups -OCH3 is 2. The van der Waals surface area contributed by atoms with Gasteiger partial charge >= 0.3 is 5.97 Å². The Morgan fingerprint density at radius 1 is 1.11 bits per heavy atom. The van der Waals surface area contributed by atoms with Crippen molar-refractivity contribution in [3.05, 3.63) is 45.9 Å². The molecule has 0 saturated carbocycles. The number of carboxylic acids is 1. The number of carbonyl (C=O) groups is 1. The average molecular weight is 450 g/mol. The second-order valence-corrected chi connectivity index (χ2v) is 7.87. The predicted molar refractivity (Wildman–Crippen MR) is 105 cm³/mol. The van der Waals surface area contributed by atoms with Crippen molar-refractivity contribution >= 4 is 44.9 Å². The molecule has 0 fully saturated rings. The number of aromatic carboxylic acids is 1. The maximum absolute atomic E-state index is 12.7. The first-order chi connectivity index (χ1) is 13.2. The van der Waals surface area contributed by atoms with Crippen LogP contribution < -0.4 is 14.2 Å². The van der Waals surface area contributed by atoms with Gasteiger partial charge in [0.2, 0.25) is 0 Å². The number of halogens is 2. The molecule has 0 bridgehead atoms. The predicted octanol–water partition coefficient (Wildman–Crippen LogP) is 3.53. The largest absolute Gasteiger partial charge is 0.493 e. The van der Waals surface area contributed by atoms with Crippen molar-refractivity contribution in [3.8, 4) is 11.5 Å². The van der Waals surface area contributed by atoms with Gasteiger partial charge < -0.3 is 19.3 Å². The van der Waals surface area contributed by atoms with Crippen molar-refractivity contribution in [1.82, 2.24) is 0 Å². The number of hydrogen-bond donors (Lipinski definition) is 2. The molecular formula is C17H17Cl2NO7S. The fourth-order valence-electron chi connectivity index (χ4n) is 2.21. The number of sulfonamides is 1. The molecule has 0 unspecified atom stereocenters. The zero-order valence-corrected chi connectivity index (χ0v) is 17.2. The van der Waals surface area contributed by atoms with Crippen molar-refractivity contribution in [2.45, 2.75) is 4.90 Å². The highest BCUT2D eigenvalue weighted by Gasteiger charge is 2.24. The van der Waals surface area contributed by atoms with Crippen LogP contribution in [0.2, 0.25) is 10.0 Å². The third-order valence-corrected chi connectivity index (χ3v) is 5.59. The van der Waals surface area contributed by atoms with Crippen LogP contribution in [0.15, 0.2) is 35.2 Å². The summed E-state index contributed by atoms with van der Waals surface area (Å²) in [7, 11) is -1.41. The summed E-state index contributed by atoms with van der Waals surface area (Å²) in [6.07, 6.45) is 0. The van der Waals surface area contributed by atoms with Gasteiger partial charge in [0.05, 0.1) is 30.0 Å². The summed E-state index contributed by atoms with van der Waals surface area (Å²) >= 11 is 11.8. The third kappa shape index (κ3) is 5.20. The molecule has 152 valence electrons. The van der Waals surface area contributed by atoms with Gasteiger partial charge in [0.1, 0.15) is 11.5 Å². The van der Waals surface area contributed by atoms with E-state index in [2.05, 4.69) is 4.72 Å². The molecule has 8 nitrogen and oxygen atoms in total. The van der Waals surface area contributed by atoms with Crippen molar-refractivity contribution in [3.63, 3.8) is 0 Å². The van der Waals surface area contributed by atoms with E-state index in [0.29, 0.717) is 0 Å². The quantitative estimate of drug-likeness (QED) is 0.563. The Kier molecular flexibility index (Phi) is 7.36. The van der Waals surface area contributed by atoms with Gasteiger partial charge in [-0.25, -0.2) is 13.2 Å². The Balaban J connectivity index is 2.51. The lowest BCUT2D eigenvalue weighted by molar-refractivity contribution is 0.0697. The van der Waals surface area contributed by atoms with Crippen LogP contribution in [0.1, 0.15) is 10.4 Å². The van der Waals surface area contributed by atoms with Gasteiger partial charge in [0.25, 0.3) is 10.0 Å². The Morgan fingerprint density at radius 3 is 2.43 bits per heavy atom. The summed E-state index contributed by atoms with van der Waals surface area (Å²) in [4.78, 5) is 11.3. The molecule has 28 heavy (non-hydrogen) atoms. The number of rotatable bonds is 9. The average Bonchev–Trinajstić information content (AvgIpc) is 2.63. The molecule has 0 spiro atoms. The molecule has 0 aliphatic rings. The molecule has 0 aliphatic carbocycles.